The van der Waals surface area contributed by atoms with Gasteiger partial charge in [0.25, 0.3) is 0 Å². The lowest BCUT2D eigenvalue weighted by atomic mass is 9.99. The fraction of sp³-hybridized carbons (Fsp3) is 0.353. The van der Waals surface area contributed by atoms with Crippen LogP contribution in [0.1, 0.15) is 37.3 Å². The van der Waals surface area contributed by atoms with Gasteiger partial charge in [-0.3, -0.25) is 0 Å². The lowest BCUT2D eigenvalue weighted by Gasteiger charge is -2.08. The topological polar surface area (TPSA) is 3.88 Å². The zero-order valence-electron chi connectivity index (χ0n) is 17.0. The third-order valence-electron chi connectivity index (χ3n) is 3.25. The Balaban J connectivity index is 2.48. The van der Waals surface area contributed by atoms with Gasteiger partial charge >= 0.3 is 0 Å². The van der Waals surface area contributed by atoms with E-state index in [0.29, 0.717) is 11.1 Å². The molecular formula is C17H22N+. The van der Waals surface area contributed by atoms with Crippen LogP contribution in [0.15, 0.2) is 30.5 Å². The van der Waals surface area contributed by atoms with Gasteiger partial charge in [-0.15, -0.1) is 0 Å². The molecule has 0 radical (unpaired) electrons. The molecule has 0 unspecified atom stereocenters. The Kier molecular flexibility index (Phi) is 1.94. The highest BCUT2D eigenvalue weighted by Crippen LogP contribution is 2.23. The number of nitrogens with zero attached hydrogens (tertiary/aromatic N) is 1. The summed E-state index contributed by atoms with van der Waals surface area (Å²) in [5.41, 5.74) is 4.66. The van der Waals surface area contributed by atoms with Crippen molar-refractivity contribution in [2.45, 2.75) is 34.0 Å². The Hall–Kier alpha value is -1.63. The van der Waals surface area contributed by atoms with Crippen LogP contribution in [-0.2, 0) is 13.5 Å². The summed E-state index contributed by atoms with van der Waals surface area (Å²) in [5.74, 6) is 0. The Morgan fingerprint density at radius 3 is 2.61 bits per heavy atom. The highest BCUT2D eigenvalue weighted by Gasteiger charge is 2.14. The second-order valence-corrected chi connectivity index (χ2v) is 4.69. The van der Waals surface area contributed by atoms with E-state index in [4.69, 9.17) is 8.22 Å². The zero-order chi connectivity index (χ0) is 18.3. The quantitative estimate of drug-likeness (QED) is 0.712. The second-order valence-electron chi connectivity index (χ2n) is 4.69. The first-order valence-corrected chi connectivity index (χ1v) is 5.99. The summed E-state index contributed by atoms with van der Waals surface area (Å²) in [4.78, 5) is 0. The molecule has 1 aromatic carbocycles. The maximum absolute atomic E-state index is 7.61. The molecule has 94 valence electrons. The second kappa shape index (κ2) is 4.93. The summed E-state index contributed by atoms with van der Waals surface area (Å²) in [7, 11) is 1.82. The van der Waals surface area contributed by atoms with E-state index < -0.39 is 13.7 Å². The molecule has 1 heteroatoms. The fourth-order valence-electron chi connectivity index (χ4n) is 2.14. The summed E-state index contributed by atoms with van der Waals surface area (Å²) in [6.45, 7) is -0.398. The predicted octanol–water partition coefficient (Wildman–Crippen LogP) is 3.67. The van der Waals surface area contributed by atoms with Crippen molar-refractivity contribution in [3.05, 3.63) is 52.7 Å². The Morgan fingerprint density at radius 1 is 1.11 bits per heavy atom. The molecule has 0 amide bonds. The number of benzene rings is 1. The highest BCUT2D eigenvalue weighted by molar-refractivity contribution is 5.62. The van der Waals surface area contributed by atoms with E-state index in [1.54, 1.807) is 17.7 Å². The molecule has 2 aromatic rings. The molecule has 1 heterocycles. The zero-order valence-corrected chi connectivity index (χ0v) is 11.0. The normalized spacial score (nSPS) is 17.1. The molecule has 0 aliphatic heterocycles. The van der Waals surface area contributed by atoms with Crippen LogP contribution in [0.2, 0.25) is 0 Å². The molecule has 0 aliphatic carbocycles. The number of rotatable bonds is 2. The van der Waals surface area contributed by atoms with E-state index in [0.717, 1.165) is 22.4 Å². The van der Waals surface area contributed by atoms with Crippen LogP contribution < -0.4 is 4.57 Å². The van der Waals surface area contributed by atoms with Gasteiger partial charge in [0.05, 0.1) is 0 Å². The monoisotopic (exact) mass is 246 g/mol. The smallest absolute Gasteiger partial charge is 0.201 e. The Bertz CT molecular complexity index is 759. The number of pyridine rings is 1. The average Bonchev–Trinajstić information content (AvgIpc) is 2.38. The average molecular weight is 246 g/mol. The Morgan fingerprint density at radius 2 is 1.94 bits per heavy atom. The molecule has 0 saturated carbocycles. The van der Waals surface area contributed by atoms with E-state index in [-0.39, 0.29) is 6.42 Å². The van der Waals surface area contributed by atoms with Gasteiger partial charge in [0, 0.05) is 25.4 Å². The maximum Gasteiger partial charge on any atom is 0.212 e. The van der Waals surface area contributed by atoms with Crippen molar-refractivity contribution in [3.63, 3.8) is 0 Å². The number of hydrogen-bond donors (Lipinski definition) is 0. The molecule has 0 fully saturated rings. The molecule has 0 spiro atoms. The van der Waals surface area contributed by atoms with Crippen molar-refractivity contribution < 1.29 is 12.8 Å². The molecule has 18 heavy (non-hydrogen) atoms. The molecule has 0 N–H and O–H groups in total. The van der Waals surface area contributed by atoms with Crippen molar-refractivity contribution in [1.29, 1.82) is 0 Å². The SMILES string of the molecule is [2H]C([2H])([2H])Cc1ccc(-c2cc(C)c(C([2H])([2H])[2H])c[n+]2C)c(C)c1. The molecule has 0 saturated heterocycles. The first-order valence-electron chi connectivity index (χ1n) is 8.99. The number of hydrogen-bond acceptors (Lipinski definition) is 0. The molecule has 0 atom stereocenters. The van der Waals surface area contributed by atoms with Crippen molar-refractivity contribution in [1.82, 2.24) is 0 Å². The van der Waals surface area contributed by atoms with E-state index in [9.17, 15) is 0 Å². The van der Waals surface area contributed by atoms with Gasteiger partial charge in [0.1, 0.15) is 7.05 Å². The van der Waals surface area contributed by atoms with Gasteiger partial charge in [-0.1, -0.05) is 19.0 Å². The van der Waals surface area contributed by atoms with Crippen LogP contribution in [0.5, 0.6) is 0 Å². The lowest BCUT2D eigenvalue weighted by Crippen LogP contribution is -2.31. The third-order valence-corrected chi connectivity index (χ3v) is 3.25. The molecule has 2 rings (SSSR count). The Labute approximate surface area is 119 Å². The van der Waals surface area contributed by atoms with E-state index >= 15 is 0 Å². The van der Waals surface area contributed by atoms with Crippen LogP contribution in [-0.4, -0.2) is 0 Å². The third kappa shape index (κ3) is 2.31. The fourth-order valence-corrected chi connectivity index (χ4v) is 2.14. The van der Waals surface area contributed by atoms with E-state index in [1.807, 2.05) is 38.2 Å². The standard InChI is InChI=1S/C17H22N/c1-6-15-7-8-16(13(3)9-15)17-10-12(2)14(4)11-18(17)5/h7-11H,6H2,1-5H3/q+1/i1D3,4D3. The lowest BCUT2D eigenvalue weighted by molar-refractivity contribution is -0.660. The van der Waals surface area contributed by atoms with Gasteiger partial charge in [0.2, 0.25) is 5.69 Å². The van der Waals surface area contributed by atoms with E-state index in [1.165, 1.54) is 0 Å². The summed E-state index contributed by atoms with van der Waals surface area (Å²) in [6.07, 6.45) is 1.69. The van der Waals surface area contributed by atoms with Gasteiger partial charge in [-0.25, -0.2) is 4.57 Å². The maximum atomic E-state index is 7.61. The molecule has 0 bridgehead atoms. The minimum absolute atomic E-state index is 0.0389. The van der Waals surface area contributed by atoms with Crippen LogP contribution in [0.4, 0.5) is 0 Å². The van der Waals surface area contributed by atoms with Gasteiger partial charge < -0.3 is 0 Å². The summed E-state index contributed by atoms with van der Waals surface area (Å²) in [6, 6.07) is 7.48. The molecular weight excluding hydrogens is 218 g/mol. The first-order chi connectivity index (χ1) is 10.9. The molecule has 0 aliphatic rings. The van der Waals surface area contributed by atoms with Gasteiger partial charge in [-0.05, 0) is 49.9 Å². The van der Waals surface area contributed by atoms with Crippen molar-refractivity contribution in [2.24, 2.45) is 7.05 Å². The van der Waals surface area contributed by atoms with Crippen molar-refractivity contribution in [2.75, 3.05) is 0 Å². The van der Waals surface area contributed by atoms with E-state index in [2.05, 4.69) is 0 Å². The largest absolute Gasteiger partial charge is 0.212 e. The highest BCUT2D eigenvalue weighted by atomic mass is 14.9. The predicted molar refractivity (Wildman–Crippen MR) is 76.6 cm³/mol. The van der Waals surface area contributed by atoms with Crippen LogP contribution >= 0.6 is 0 Å². The van der Waals surface area contributed by atoms with Gasteiger partial charge in [-0.2, -0.15) is 0 Å². The van der Waals surface area contributed by atoms with Crippen molar-refractivity contribution >= 4 is 0 Å². The minimum atomic E-state index is -2.14. The summed E-state index contributed by atoms with van der Waals surface area (Å²) >= 11 is 0. The minimum Gasteiger partial charge on any atom is -0.201 e. The molecule has 1 nitrogen and oxygen atoms in total. The number of aryl methyl sites for hydroxylation is 5. The van der Waals surface area contributed by atoms with Crippen LogP contribution in [0.3, 0.4) is 0 Å². The van der Waals surface area contributed by atoms with Crippen LogP contribution in [0.25, 0.3) is 11.3 Å². The van der Waals surface area contributed by atoms with Crippen molar-refractivity contribution in [3.8, 4) is 11.3 Å². The first kappa shape index (κ1) is 7.08. The van der Waals surface area contributed by atoms with Gasteiger partial charge in [0.15, 0.2) is 6.20 Å². The summed E-state index contributed by atoms with van der Waals surface area (Å²) in [5, 5.41) is 0. The summed E-state index contributed by atoms with van der Waals surface area (Å²) < 4.78 is 46.8. The number of aromatic nitrogens is 1. The van der Waals surface area contributed by atoms with Crippen LogP contribution in [0, 0.1) is 20.7 Å². The molecule has 1 aromatic heterocycles.